The normalized spacial score (nSPS) is 16.2. The zero-order chi connectivity index (χ0) is 18.0. The van der Waals surface area contributed by atoms with E-state index in [2.05, 4.69) is 21.0 Å². The van der Waals surface area contributed by atoms with Crippen LogP contribution < -0.4 is 4.74 Å². The first-order chi connectivity index (χ1) is 12.0. The van der Waals surface area contributed by atoms with Crippen molar-refractivity contribution in [3.63, 3.8) is 0 Å². The molecule has 1 aliphatic rings. The Morgan fingerprint density at radius 3 is 2.60 bits per heavy atom. The molecule has 0 unspecified atom stereocenters. The number of carbonyl (C=O) groups excluding carboxylic acids is 2. The van der Waals surface area contributed by atoms with Crippen LogP contribution in [0.1, 0.15) is 31.2 Å². The Balaban J connectivity index is 1.98. The molecular formula is C18H15BrN2O4. The number of amides is 1. The molecule has 0 bridgehead atoms. The molecule has 0 spiro atoms. The molecule has 0 fully saturated rings. The fourth-order valence-electron chi connectivity index (χ4n) is 2.44. The van der Waals surface area contributed by atoms with Gasteiger partial charge in [0.1, 0.15) is 5.75 Å². The molecule has 2 aromatic carbocycles. The van der Waals surface area contributed by atoms with Gasteiger partial charge in [0.15, 0.2) is 0 Å². The average molecular weight is 403 g/mol. The van der Waals surface area contributed by atoms with E-state index in [1.807, 2.05) is 24.3 Å². The number of rotatable bonds is 3. The van der Waals surface area contributed by atoms with Crippen molar-refractivity contribution in [3.8, 4) is 5.75 Å². The van der Waals surface area contributed by atoms with Crippen LogP contribution in [0.25, 0.3) is 0 Å². The highest BCUT2D eigenvalue weighted by Gasteiger charge is 2.34. The summed E-state index contributed by atoms with van der Waals surface area (Å²) in [5.74, 6) is -0.160. The van der Waals surface area contributed by atoms with Crippen molar-refractivity contribution in [2.24, 2.45) is 5.10 Å². The number of ether oxygens (including phenoxy) is 2. The monoisotopic (exact) mass is 402 g/mol. The topological polar surface area (TPSA) is 68.2 Å². The summed E-state index contributed by atoms with van der Waals surface area (Å²) < 4.78 is 12.0. The zero-order valence-corrected chi connectivity index (χ0v) is 15.2. The lowest BCUT2D eigenvalue weighted by Gasteiger charge is -2.19. The van der Waals surface area contributed by atoms with Gasteiger partial charge in [-0.15, -0.1) is 5.10 Å². The van der Waals surface area contributed by atoms with Gasteiger partial charge >= 0.3 is 5.97 Å². The Morgan fingerprint density at radius 1 is 1.16 bits per heavy atom. The van der Waals surface area contributed by atoms with Crippen LogP contribution in [0.2, 0.25) is 0 Å². The maximum atomic E-state index is 12.0. The minimum atomic E-state index is -0.685. The van der Waals surface area contributed by atoms with Gasteiger partial charge in [-0.25, -0.2) is 0 Å². The number of hydrogen-bond donors (Lipinski definition) is 0. The van der Waals surface area contributed by atoms with E-state index in [9.17, 15) is 9.59 Å². The number of hydrogen-bond acceptors (Lipinski definition) is 5. The van der Waals surface area contributed by atoms with Gasteiger partial charge in [0.05, 0.1) is 5.56 Å². The second kappa shape index (κ2) is 7.06. The number of carbonyl (C=O) groups is 2. The molecule has 7 heteroatoms. The minimum absolute atomic E-state index is 0.219. The maximum absolute atomic E-state index is 12.0. The van der Waals surface area contributed by atoms with Crippen LogP contribution in [0.15, 0.2) is 58.1 Å². The molecule has 1 amide bonds. The summed E-state index contributed by atoms with van der Waals surface area (Å²) in [4.78, 5) is 23.3. The lowest BCUT2D eigenvalue weighted by molar-refractivity contribution is -0.135. The molecule has 0 N–H and O–H groups in total. The molecule has 1 heterocycles. The van der Waals surface area contributed by atoms with Crippen molar-refractivity contribution in [2.45, 2.75) is 20.1 Å². The second-order valence-electron chi connectivity index (χ2n) is 5.38. The van der Waals surface area contributed by atoms with Gasteiger partial charge in [-0.2, -0.15) is 5.01 Å². The highest BCUT2D eigenvalue weighted by molar-refractivity contribution is 9.10. The Hall–Kier alpha value is -2.67. The Kier molecular flexibility index (Phi) is 4.85. The first-order valence-corrected chi connectivity index (χ1v) is 8.33. The average Bonchev–Trinajstić information content (AvgIpc) is 3.00. The van der Waals surface area contributed by atoms with E-state index in [-0.39, 0.29) is 11.8 Å². The molecule has 25 heavy (non-hydrogen) atoms. The molecular weight excluding hydrogens is 388 g/mol. The molecule has 1 aliphatic heterocycles. The minimum Gasteiger partial charge on any atom is -0.446 e. The van der Waals surface area contributed by atoms with E-state index in [1.165, 1.54) is 18.9 Å². The number of para-hydroxylation sites is 1. The summed E-state index contributed by atoms with van der Waals surface area (Å²) >= 11 is 3.41. The summed E-state index contributed by atoms with van der Waals surface area (Å²) in [6, 6.07) is 14.3. The Labute approximate surface area is 153 Å². The first kappa shape index (κ1) is 17.2. The van der Waals surface area contributed by atoms with Gasteiger partial charge in [-0.1, -0.05) is 40.2 Å². The third-order valence-electron chi connectivity index (χ3n) is 3.47. The molecule has 3 rings (SSSR count). The van der Waals surface area contributed by atoms with Crippen LogP contribution in [0.3, 0.4) is 0 Å². The molecule has 128 valence electrons. The fraction of sp³-hybridized carbons (Fsp3) is 0.167. The molecule has 0 aliphatic carbocycles. The SMILES string of the molecule is CC(=O)Oc1ccccc1C1=NN(C(C)=O)[C@@H](c2cccc(Br)c2)O1. The lowest BCUT2D eigenvalue weighted by Crippen LogP contribution is -2.25. The molecule has 2 aromatic rings. The quantitative estimate of drug-likeness (QED) is 0.580. The summed E-state index contributed by atoms with van der Waals surface area (Å²) in [6.07, 6.45) is -0.685. The Morgan fingerprint density at radius 2 is 1.92 bits per heavy atom. The van der Waals surface area contributed by atoms with Crippen molar-refractivity contribution < 1.29 is 19.1 Å². The van der Waals surface area contributed by atoms with Crippen LogP contribution in [0.4, 0.5) is 0 Å². The van der Waals surface area contributed by atoms with Crippen LogP contribution in [0.5, 0.6) is 5.75 Å². The summed E-state index contributed by atoms with van der Waals surface area (Å²) in [7, 11) is 0. The molecule has 1 atom stereocenters. The van der Waals surface area contributed by atoms with Crippen molar-refractivity contribution in [1.29, 1.82) is 0 Å². The van der Waals surface area contributed by atoms with Crippen molar-refractivity contribution in [3.05, 3.63) is 64.1 Å². The predicted molar refractivity (Wildman–Crippen MR) is 94.8 cm³/mol. The largest absolute Gasteiger partial charge is 0.446 e. The van der Waals surface area contributed by atoms with Gasteiger partial charge in [-0.05, 0) is 24.3 Å². The third kappa shape index (κ3) is 3.71. The van der Waals surface area contributed by atoms with Gasteiger partial charge in [0, 0.05) is 23.9 Å². The van der Waals surface area contributed by atoms with Crippen molar-refractivity contribution >= 4 is 33.7 Å². The summed E-state index contributed by atoms with van der Waals surface area (Å²) in [6.45, 7) is 2.74. The van der Waals surface area contributed by atoms with E-state index in [0.29, 0.717) is 11.3 Å². The molecule has 0 saturated carbocycles. The molecule has 0 aromatic heterocycles. The standard InChI is InChI=1S/C18H15BrN2O4/c1-11(22)21-18(13-6-5-7-14(19)10-13)25-17(20-21)15-8-3-4-9-16(15)24-12(2)23/h3-10,18H,1-2H3/t18-/m1/s1. The first-order valence-electron chi connectivity index (χ1n) is 7.54. The van der Waals surface area contributed by atoms with E-state index in [1.54, 1.807) is 24.3 Å². The molecule has 6 nitrogen and oxygen atoms in total. The van der Waals surface area contributed by atoms with E-state index < -0.39 is 12.2 Å². The smallest absolute Gasteiger partial charge is 0.308 e. The summed E-state index contributed by atoms with van der Waals surface area (Å²) in [5.41, 5.74) is 1.27. The zero-order valence-electron chi connectivity index (χ0n) is 13.6. The number of halogens is 1. The van der Waals surface area contributed by atoms with E-state index in [4.69, 9.17) is 9.47 Å². The number of benzene rings is 2. The van der Waals surface area contributed by atoms with Gasteiger partial charge < -0.3 is 9.47 Å². The van der Waals surface area contributed by atoms with Gasteiger partial charge in [0.25, 0.3) is 0 Å². The van der Waals surface area contributed by atoms with E-state index in [0.717, 1.165) is 10.0 Å². The second-order valence-corrected chi connectivity index (χ2v) is 6.30. The van der Waals surface area contributed by atoms with Crippen LogP contribution >= 0.6 is 15.9 Å². The fourth-order valence-corrected chi connectivity index (χ4v) is 2.86. The molecule has 0 saturated heterocycles. The lowest BCUT2D eigenvalue weighted by atomic mass is 10.2. The van der Waals surface area contributed by atoms with E-state index >= 15 is 0 Å². The van der Waals surface area contributed by atoms with Crippen LogP contribution in [-0.4, -0.2) is 22.8 Å². The molecule has 0 radical (unpaired) electrons. The maximum Gasteiger partial charge on any atom is 0.308 e. The number of esters is 1. The predicted octanol–water partition coefficient (Wildman–Crippen LogP) is 3.61. The summed E-state index contributed by atoms with van der Waals surface area (Å²) in [5, 5.41) is 5.55. The van der Waals surface area contributed by atoms with Crippen LogP contribution in [-0.2, 0) is 14.3 Å². The highest BCUT2D eigenvalue weighted by atomic mass is 79.9. The Bertz CT molecular complexity index is 866. The van der Waals surface area contributed by atoms with Gasteiger partial charge in [-0.3, -0.25) is 9.59 Å². The number of nitrogens with zero attached hydrogens (tertiary/aromatic N) is 2. The van der Waals surface area contributed by atoms with Crippen molar-refractivity contribution in [2.75, 3.05) is 0 Å². The van der Waals surface area contributed by atoms with Gasteiger partial charge in [0.2, 0.25) is 18.0 Å². The third-order valence-corrected chi connectivity index (χ3v) is 3.96. The van der Waals surface area contributed by atoms with Crippen LogP contribution in [0, 0.1) is 0 Å². The number of hydrazone groups is 1. The van der Waals surface area contributed by atoms with Crippen molar-refractivity contribution in [1.82, 2.24) is 5.01 Å². The highest BCUT2D eigenvalue weighted by Crippen LogP contribution is 2.33.